The van der Waals surface area contributed by atoms with Crippen molar-refractivity contribution in [3.63, 3.8) is 0 Å². The van der Waals surface area contributed by atoms with Crippen LogP contribution in [0.1, 0.15) is 30.0 Å². The summed E-state index contributed by atoms with van der Waals surface area (Å²) in [6.45, 7) is 2.13. The summed E-state index contributed by atoms with van der Waals surface area (Å²) in [4.78, 5) is 47.1. The van der Waals surface area contributed by atoms with Crippen LogP contribution < -0.4 is 4.90 Å². The van der Waals surface area contributed by atoms with Gasteiger partial charge < -0.3 is 9.80 Å². The zero-order valence-electron chi connectivity index (χ0n) is 19.9. The highest BCUT2D eigenvalue weighted by molar-refractivity contribution is 6.19. The van der Waals surface area contributed by atoms with E-state index in [2.05, 4.69) is 16.8 Å². The molecule has 3 aromatic rings. The van der Waals surface area contributed by atoms with Gasteiger partial charge in [-0.2, -0.15) is 0 Å². The highest BCUT2D eigenvalue weighted by atomic mass is 19.1. The van der Waals surface area contributed by atoms with Crippen LogP contribution in [0.15, 0.2) is 67.0 Å². The number of imide groups is 1. The third-order valence-electron chi connectivity index (χ3n) is 6.59. The highest BCUT2D eigenvalue weighted by Crippen LogP contribution is 2.37. The van der Waals surface area contributed by atoms with Gasteiger partial charge in [-0.1, -0.05) is 30.0 Å². The van der Waals surface area contributed by atoms with Gasteiger partial charge in [-0.05, 0) is 48.9 Å². The number of halogens is 2. The van der Waals surface area contributed by atoms with Gasteiger partial charge in [0.25, 0.3) is 0 Å². The summed E-state index contributed by atoms with van der Waals surface area (Å²) in [5, 5.41) is 0. The number of hydrogen-bond acceptors (Lipinski definition) is 4. The van der Waals surface area contributed by atoms with Crippen LogP contribution in [0.3, 0.4) is 0 Å². The molecule has 1 unspecified atom stereocenters. The lowest BCUT2D eigenvalue weighted by atomic mass is 9.88. The topological polar surface area (TPSA) is 73.8 Å². The number of anilines is 1. The number of nitrogens with zero attached hydrogens (tertiary/aromatic N) is 4. The fourth-order valence-corrected chi connectivity index (χ4v) is 4.70. The van der Waals surface area contributed by atoms with E-state index in [1.165, 1.54) is 11.8 Å². The maximum Gasteiger partial charge on any atom is 0.332 e. The highest BCUT2D eigenvalue weighted by Gasteiger charge is 2.55. The van der Waals surface area contributed by atoms with E-state index in [1.54, 1.807) is 53.7 Å². The third kappa shape index (κ3) is 4.42. The Labute approximate surface area is 212 Å². The number of aromatic nitrogens is 1. The van der Waals surface area contributed by atoms with Crippen molar-refractivity contribution < 1.29 is 23.2 Å². The molecule has 0 N–H and O–H groups in total. The molecule has 9 heteroatoms. The molecule has 3 heterocycles. The molecule has 1 aromatic heterocycles. The first kappa shape index (κ1) is 24.1. The lowest BCUT2D eigenvalue weighted by Crippen LogP contribution is -2.72. The molecule has 1 atom stereocenters. The maximum absolute atomic E-state index is 15.1. The first-order chi connectivity index (χ1) is 17.8. The Morgan fingerprint density at radius 3 is 2.24 bits per heavy atom. The summed E-state index contributed by atoms with van der Waals surface area (Å²) in [6.07, 6.45) is 2.83. The normalized spacial score (nSPS) is 19.4. The molecule has 0 saturated carbocycles. The first-order valence-corrected chi connectivity index (χ1v) is 11.7. The number of carbonyl (C=O) groups is 3. The van der Waals surface area contributed by atoms with E-state index >= 15 is 8.78 Å². The quantitative estimate of drug-likeness (QED) is 0.514. The van der Waals surface area contributed by atoms with Crippen molar-refractivity contribution in [2.45, 2.75) is 25.4 Å². The van der Waals surface area contributed by atoms with E-state index in [9.17, 15) is 14.4 Å². The molecule has 2 saturated heterocycles. The van der Waals surface area contributed by atoms with E-state index in [-0.39, 0.29) is 18.7 Å². The van der Waals surface area contributed by atoms with Gasteiger partial charge in [0.1, 0.15) is 11.2 Å². The summed E-state index contributed by atoms with van der Waals surface area (Å²) >= 11 is 0. The van der Waals surface area contributed by atoms with Gasteiger partial charge in [0, 0.05) is 43.2 Å². The first-order valence-electron chi connectivity index (χ1n) is 11.7. The van der Waals surface area contributed by atoms with E-state index in [4.69, 9.17) is 0 Å². The van der Waals surface area contributed by atoms with Gasteiger partial charge in [-0.15, -0.1) is 0 Å². The van der Waals surface area contributed by atoms with Gasteiger partial charge >= 0.3 is 6.03 Å². The van der Waals surface area contributed by atoms with E-state index in [1.807, 2.05) is 6.07 Å². The molecular formula is C28H22F2N4O3. The van der Waals surface area contributed by atoms with Crippen LogP contribution in [0.4, 0.5) is 19.3 Å². The molecule has 186 valence electrons. The van der Waals surface area contributed by atoms with Crippen LogP contribution in [0, 0.1) is 23.5 Å². The monoisotopic (exact) mass is 500 g/mol. The second kappa shape index (κ2) is 9.47. The molecule has 2 aromatic carbocycles. The van der Waals surface area contributed by atoms with Crippen molar-refractivity contribution >= 4 is 23.5 Å². The van der Waals surface area contributed by atoms with Crippen LogP contribution in [0.25, 0.3) is 0 Å². The van der Waals surface area contributed by atoms with Gasteiger partial charge in [-0.3, -0.25) is 14.6 Å². The molecule has 5 rings (SSSR count). The molecule has 2 aliphatic rings. The molecule has 0 aliphatic carbocycles. The minimum atomic E-state index is -1.45. The number of hydrogen-bond donors (Lipinski definition) is 0. The number of benzene rings is 2. The van der Waals surface area contributed by atoms with Gasteiger partial charge in [0.05, 0.1) is 6.42 Å². The van der Waals surface area contributed by atoms with Crippen molar-refractivity contribution in [3.8, 4) is 11.8 Å². The fraction of sp³-hybridized carbons (Fsp3) is 0.214. The molecule has 0 spiro atoms. The molecule has 4 amide bonds. The Bertz CT molecular complexity index is 1430. The molecule has 0 bridgehead atoms. The maximum atomic E-state index is 15.1. The summed E-state index contributed by atoms with van der Waals surface area (Å²) < 4.78 is 30.2. The number of pyridine rings is 1. The van der Waals surface area contributed by atoms with Crippen LogP contribution in [0.2, 0.25) is 0 Å². The average Bonchev–Trinajstić information content (AvgIpc) is 2.88. The van der Waals surface area contributed by atoms with Gasteiger partial charge in [-0.25, -0.2) is 18.5 Å². The number of piperazine rings is 1. The number of urea groups is 1. The fourth-order valence-electron chi connectivity index (χ4n) is 4.70. The van der Waals surface area contributed by atoms with E-state index in [0.717, 1.165) is 17.7 Å². The van der Waals surface area contributed by atoms with Crippen LogP contribution in [-0.4, -0.2) is 51.3 Å². The molecule has 2 fully saturated rings. The predicted octanol–water partition coefficient (Wildman–Crippen LogP) is 3.72. The number of fused-ring (bicyclic) bond motifs is 1. The minimum Gasteiger partial charge on any atom is -0.335 e. The Morgan fingerprint density at radius 1 is 0.919 bits per heavy atom. The Kier molecular flexibility index (Phi) is 6.17. The van der Waals surface area contributed by atoms with Crippen molar-refractivity contribution in [3.05, 3.63) is 95.3 Å². The van der Waals surface area contributed by atoms with Crippen LogP contribution >= 0.6 is 0 Å². The van der Waals surface area contributed by atoms with Crippen molar-refractivity contribution in [1.29, 1.82) is 0 Å². The molecular weight excluding hydrogens is 478 g/mol. The SMILES string of the molecule is CC12CC(=O)N(c3c(F)cc(C#Cc4ccccc4)cc3F)C(=O)N1CCN(Cc1ccncc1)C2=O. The van der Waals surface area contributed by atoms with Gasteiger partial charge in [0.15, 0.2) is 11.6 Å². The van der Waals surface area contributed by atoms with Crippen molar-refractivity contribution in [1.82, 2.24) is 14.8 Å². The summed E-state index contributed by atoms with van der Waals surface area (Å²) in [5.74, 6) is 2.07. The average molecular weight is 501 g/mol. The third-order valence-corrected chi connectivity index (χ3v) is 6.59. The van der Waals surface area contributed by atoms with Crippen LogP contribution in [0.5, 0.6) is 0 Å². The Morgan fingerprint density at radius 2 is 1.57 bits per heavy atom. The number of amides is 4. The summed E-state index contributed by atoms with van der Waals surface area (Å²) in [6, 6.07) is 13.5. The largest absolute Gasteiger partial charge is 0.335 e. The molecule has 7 nitrogen and oxygen atoms in total. The minimum absolute atomic E-state index is 0.0595. The second-order valence-electron chi connectivity index (χ2n) is 9.10. The van der Waals surface area contributed by atoms with E-state index in [0.29, 0.717) is 17.0 Å². The summed E-state index contributed by atoms with van der Waals surface area (Å²) in [5.41, 5.74) is -0.640. The van der Waals surface area contributed by atoms with E-state index < -0.39 is 47.1 Å². The number of carbonyl (C=O) groups excluding carboxylic acids is 3. The van der Waals surface area contributed by atoms with Crippen molar-refractivity contribution in [2.75, 3.05) is 18.0 Å². The van der Waals surface area contributed by atoms with Crippen LogP contribution in [-0.2, 0) is 16.1 Å². The lowest BCUT2D eigenvalue weighted by molar-refractivity contribution is -0.152. The standard InChI is InChI=1S/C28H22F2N4O3/c1-28-17-24(35)34(25-22(29)15-21(16-23(25)30)8-7-19-5-3-2-4-6-19)27(37)33(28)14-13-32(26(28)36)18-20-9-11-31-12-10-20/h2-6,9-12,15-16H,13-14,17-18H2,1H3. The Balaban J connectivity index is 1.41. The summed E-state index contributed by atoms with van der Waals surface area (Å²) in [7, 11) is 0. The molecule has 37 heavy (non-hydrogen) atoms. The number of rotatable bonds is 3. The molecule has 2 aliphatic heterocycles. The molecule has 0 radical (unpaired) electrons. The van der Waals surface area contributed by atoms with Crippen molar-refractivity contribution in [2.24, 2.45) is 0 Å². The zero-order chi connectivity index (χ0) is 26.2. The smallest absolute Gasteiger partial charge is 0.332 e. The van der Waals surface area contributed by atoms with Gasteiger partial charge in [0.2, 0.25) is 11.8 Å². The predicted molar refractivity (Wildman–Crippen MR) is 131 cm³/mol. The Hall–Kier alpha value is -4.58. The zero-order valence-corrected chi connectivity index (χ0v) is 19.9. The second-order valence-corrected chi connectivity index (χ2v) is 9.10. The lowest BCUT2D eigenvalue weighted by Gasteiger charge is -2.51.